The Hall–Kier alpha value is -2.36. The average molecular weight is 256 g/mol. The van der Waals surface area contributed by atoms with Gasteiger partial charge in [0.1, 0.15) is 0 Å². The number of rotatable bonds is 4. The molecule has 0 saturated heterocycles. The van der Waals surface area contributed by atoms with Gasteiger partial charge in [0.15, 0.2) is 0 Å². The fourth-order valence-corrected chi connectivity index (χ4v) is 1.93. The number of anilines is 1. The SMILES string of the molecule is Cc1cccc(CNc2cc([N+](=O)[O-])ccc2C)c1. The van der Waals surface area contributed by atoms with Crippen molar-refractivity contribution in [3.8, 4) is 0 Å². The lowest BCUT2D eigenvalue weighted by Gasteiger charge is -2.10. The van der Waals surface area contributed by atoms with Gasteiger partial charge >= 0.3 is 0 Å². The predicted octanol–water partition coefficient (Wildman–Crippen LogP) is 3.82. The van der Waals surface area contributed by atoms with E-state index in [1.54, 1.807) is 12.1 Å². The van der Waals surface area contributed by atoms with Crippen LogP contribution in [0.2, 0.25) is 0 Å². The van der Waals surface area contributed by atoms with Crippen molar-refractivity contribution in [1.82, 2.24) is 0 Å². The number of hydrogen-bond acceptors (Lipinski definition) is 3. The number of hydrogen-bond donors (Lipinski definition) is 1. The Morgan fingerprint density at radius 2 is 1.95 bits per heavy atom. The number of non-ortho nitro benzene ring substituents is 1. The molecule has 0 unspecified atom stereocenters. The molecule has 0 aliphatic rings. The molecule has 98 valence electrons. The zero-order valence-corrected chi connectivity index (χ0v) is 11.0. The maximum Gasteiger partial charge on any atom is 0.271 e. The van der Waals surface area contributed by atoms with Gasteiger partial charge in [-0.05, 0) is 25.0 Å². The quantitative estimate of drug-likeness (QED) is 0.668. The van der Waals surface area contributed by atoms with Crippen molar-refractivity contribution in [3.05, 3.63) is 69.3 Å². The molecule has 19 heavy (non-hydrogen) atoms. The van der Waals surface area contributed by atoms with Gasteiger partial charge in [-0.25, -0.2) is 0 Å². The van der Waals surface area contributed by atoms with Crippen LogP contribution >= 0.6 is 0 Å². The Morgan fingerprint density at radius 1 is 1.16 bits per heavy atom. The van der Waals surface area contributed by atoms with Gasteiger partial charge in [0.05, 0.1) is 4.92 Å². The average Bonchev–Trinajstić information content (AvgIpc) is 2.37. The summed E-state index contributed by atoms with van der Waals surface area (Å²) in [6.45, 7) is 4.63. The van der Waals surface area contributed by atoms with Crippen molar-refractivity contribution in [3.63, 3.8) is 0 Å². The molecule has 0 aliphatic heterocycles. The summed E-state index contributed by atoms with van der Waals surface area (Å²) in [7, 11) is 0. The normalized spacial score (nSPS) is 10.2. The van der Waals surface area contributed by atoms with Crippen LogP contribution in [0.3, 0.4) is 0 Å². The standard InChI is InChI=1S/C15H16N2O2/c1-11-4-3-5-13(8-11)10-16-15-9-14(17(18)19)7-6-12(15)2/h3-9,16H,10H2,1-2H3. The molecule has 2 aromatic rings. The second-order valence-electron chi connectivity index (χ2n) is 4.60. The first-order chi connectivity index (χ1) is 9.06. The van der Waals surface area contributed by atoms with Crippen LogP contribution in [0.25, 0.3) is 0 Å². The summed E-state index contributed by atoms with van der Waals surface area (Å²) in [5.74, 6) is 0. The zero-order valence-electron chi connectivity index (χ0n) is 11.0. The molecule has 0 atom stereocenters. The Balaban J connectivity index is 2.15. The number of aryl methyl sites for hydroxylation is 2. The van der Waals surface area contributed by atoms with E-state index in [0.29, 0.717) is 6.54 Å². The largest absolute Gasteiger partial charge is 0.381 e. The van der Waals surface area contributed by atoms with Crippen LogP contribution in [0, 0.1) is 24.0 Å². The molecule has 0 bridgehead atoms. The van der Waals surface area contributed by atoms with Crippen molar-refractivity contribution in [1.29, 1.82) is 0 Å². The van der Waals surface area contributed by atoms with Gasteiger partial charge < -0.3 is 5.32 Å². The molecule has 4 heteroatoms. The maximum absolute atomic E-state index is 10.8. The van der Waals surface area contributed by atoms with E-state index in [1.165, 1.54) is 11.6 Å². The first-order valence-electron chi connectivity index (χ1n) is 6.11. The van der Waals surface area contributed by atoms with Crippen molar-refractivity contribution in [2.75, 3.05) is 5.32 Å². The van der Waals surface area contributed by atoms with E-state index in [4.69, 9.17) is 0 Å². The zero-order chi connectivity index (χ0) is 13.8. The highest BCUT2D eigenvalue weighted by Crippen LogP contribution is 2.22. The molecular weight excluding hydrogens is 240 g/mol. The van der Waals surface area contributed by atoms with Gasteiger partial charge in [-0.2, -0.15) is 0 Å². The molecule has 0 amide bonds. The van der Waals surface area contributed by atoms with Crippen molar-refractivity contribution in [2.24, 2.45) is 0 Å². The fourth-order valence-electron chi connectivity index (χ4n) is 1.93. The monoisotopic (exact) mass is 256 g/mol. The molecule has 0 heterocycles. The Morgan fingerprint density at radius 3 is 2.63 bits per heavy atom. The number of benzene rings is 2. The van der Waals surface area contributed by atoms with Gasteiger partial charge in [-0.3, -0.25) is 10.1 Å². The van der Waals surface area contributed by atoms with Crippen LogP contribution in [0.15, 0.2) is 42.5 Å². The van der Waals surface area contributed by atoms with Gasteiger partial charge in [0, 0.05) is 24.4 Å². The molecule has 2 aromatic carbocycles. The third-order valence-electron chi connectivity index (χ3n) is 3.00. The molecular formula is C15H16N2O2. The number of nitro groups is 1. The predicted molar refractivity (Wildman–Crippen MR) is 76.3 cm³/mol. The first kappa shape index (κ1) is 13.1. The number of nitrogens with one attached hydrogen (secondary N) is 1. The van der Waals surface area contributed by atoms with Crippen molar-refractivity contribution >= 4 is 11.4 Å². The van der Waals surface area contributed by atoms with Gasteiger partial charge in [-0.15, -0.1) is 0 Å². The molecule has 1 N–H and O–H groups in total. The molecule has 0 spiro atoms. The highest BCUT2D eigenvalue weighted by molar-refractivity contribution is 5.57. The van der Waals surface area contributed by atoms with Crippen LogP contribution < -0.4 is 5.32 Å². The second kappa shape index (κ2) is 5.52. The van der Waals surface area contributed by atoms with Crippen LogP contribution in [-0.4, -0.2) is 4.92 Å². The molecule has 0 saturated carbocycles. The topological polar surface area (TPSA) is 55.2 Å². The van der Waals surface area contributed by atoms with E-state index >= 15 is 0 Å². The van der Waals surface area contributed by atoms with Crippen molar-refractivity contribution < 1.29 is 4.92 Å². The maximum atomic E-state index is 10.8. The lowest BCUT2D eigenvalue weighted by atomic mass is 10.1. The fraction of sp³-hybridized carbons (Fsp3) is 0.200. The first-order valence-corrected chi connectivity index (χ1v) is 6.11. The Labute approximate surface area is 112 Å². The molecule has 0 radical (unpaired) electrons. The Kier molecular flexibility index (Phi) is 3.80. The third kappa shape index (κ3) is 3.31. The minimum Gasteiger partial charge on any atom is -0.381 e. The number of nitrogens with zero attached hydrogens (tertiary/aromatic N) is 1. The molecule has 0 aliphatic carbocycles. The van der Waals surface area contributed by atoms with Gasteiger partial charge in [-0.1, -0.05) is 35.9 Å². The molecule has 0 aromatic heterocycles. The lowest BCUT2D eigenvalue weighted by Crippen LogP contribution is -2.02. The van der Waals surface area contributed by atoms with Crippen molar-refractivity contribution in [2.45, 2.75) is 20.4 Å². The highest BCUT2D eigenvalue weighted by Gasteiger charge is 2.08. The summed E-state index contributed by atoms with van der Waals surface area (Å²) in [6.07, 6.45) is 0. The summed E-state index contributed by atoms with van der Waals surface area (Å²) < 4.78 is 0. The second-order valence-corrected chi connectivity index (χ2v) is 4.60. The van der Waals surface area contributed by atoms with E-state index in [1.807, 2.05) is 32.0 Å². The van der Waals surface area contributed by atoms with E-state index in [2.05, 4.69) is 11.4 Å². The molecule has 4 nitrogen and oxygen atoms in total. The highest BCUT2D eigenvalue weighted by atomic mass is 16.6. The van der Waals surface area contributed by atoms with Crippen LogP contribution in [0.1, 0.15) is 16.7 Å². The smallest absolute Gasteiger partial charge is 0.271 e. The minimum absolute atomic E-state index is 0.109. The van der Waals surface area contributed by atoms with Gasteiger partial charge in [0.25, 0.3) is 5.69 Å². The minimum atomic E-state index is -0.378. The summed E-state index contributed by atoms with van der Waals surface area (Å²) in [6, 6.07) is 13.0. The van der Waals surface area contributed by atoms with E-state index in [9.17, 15) is 10.1 Å². The van der Waals surface area contributed by atoms with E-state index in [-0.39, 0.29) is 10.6 Å². The van der Waals surface area contributed by atoms with Gasteiger partial charge in [0.2, 0.25) is 0 Å². The summed E-state index contributed by atoms with van der Waals surface area (Å²) >= 11 is 0. The lowest BCUT2D eigenvalue weighted by molar-refractivity contribution is -0.384. The summed E-state index contributed by atoms with van der Waals surface area (Å²) in [5.41, 5.74) is 4.27. The molecule has 0 fully saturated rings. The van der Waals surface area contributed by atoms with Crippen LogP contribution in [-0.2, 0) is 6.54 Å². The Bertz CT molecular complexity index is 609. The van der Waals surface area contributed by atoms with Crippen LogP contribution in [0.4, 0.5) is 11.4 Å². The van der Waals surface area contributed by atoms with Crippen LogP contribution in [0.5, 0.6) is 0 Å². The summed E-state index contributed by atoms with van der Waals surface area (Å²) in [5, 5.41) is 14.0. The summed E-state index contributed by atoms with van der Waals surface area (Å²) in [4.78, 5) is 10.4. The number of nitro benzene ring substituents is 1. The third-order valence-corrected chi connectivity index (χ3v) is 3.00. The van der Waals surface area contributed by atoms with E-state index in [0.717, 1.165) is 16.8 Å². The van der Waals surface area contributed by atoms with E-state index < -0.39 is 0 Å². The molecule has 2 rings (SSSR count).